The van der Waals surface area contributed by atoms with Gasteiger partial charge in [0.05, 0.1) is 18.6 Å². The Balaban J connectivity index is 1.75. The summed E-state index contributed by atoms with van der Waals surface area (Å²) in [7, 11) is 0. The molecule has 7 nitrogen and oxygen atoms in total. The molecule has 2 rings (SSSR count). The van der Waals surface area contributed by atoms with E-state index >= 15 is 0 Å². The van der Waals surface area contributed by atoms with Crippen LogP contribution in [-0.2, 0) is 13.1 Å². The summed E-state index contributed by atoms with van der Waals surface area (Å²) in [5.41, 5.74) is 1.69. The van der Waals surface area contributed by atoms with Crippen LogP contribution in [0, 0.1) is 0 Å². The first-order valence-electron chi connectivity index (χ1n) is 5.36. The monoisotopic (exact) mass is 281 g/mol. The van der Waals surface area contributed by atoms with Gasteiger partial charge in [0.2, 0.25) is 5.76 Å². The van der Waals surface area contributed by atoms with Gasteiger partial charge in [-0.3, -0.25) is 4.98 Å². The average molecular weight is 281 g/mol. The highest BCUT2D eigenvalue weighted by molar-refractivity contribution is 7.09. The molecule has 0 saturated carbocycles. The number of hydrogen-bond donors (Lipinski definition) is 3. The summed E-state index contributed by atoms with van der Waals surface area (Å²) in [6.45, 7) is 0.525. The molecule has 0 spiro atoms. The van der Waals surface area contributed by atoms with E-state index < -0.39 is 5.97 Å². The van der Waals surface area contributed by atoms with Crippen LogP contribution in [0.25, 0.3) is 0 Å². The zero-order valence-electron chi connectivity index (χ0n) is 9.75. The number of aromatic nitrogens is 1. The Morgan fingerprint density at radius 2 is 2.11 bits per heavy atom. The fourth-order valence-electron chi connectivity index (χ4n) is 1.31. The van der Waals surface area contributed by atoms with Gasteiger partial charge in [0.25, 0.3) is 0 Å². The van der Waals surface area contributed by atoms with Gasteiger partial charge in [-0.25, -0.2) is 9.59 Å². The van der Waals surface area contributed by atoms with E-state index in [9.17, 15) is 9.59 Å². The van der Waals surface area contributed by atoms with Crippen molar-refractivity contribution in [1.29, 1.82) is 0 Å². The second-order valence-corrected chi connectivity index (χ2v) is 4.55. The molecule has 0 atom stereocenters. The molecular formula is C11H11N3O4S. The van der Waals surface area contributed by atoms with E-state index in [1.165, 1.54) is 23.5 Å². The number of hydrogen-bond acceptors (Lipinski definition) is 5. The van der Waals surface area contributed by atoms with Crippen molar-refractivity contribution < 1.29 is 19.1 Å². The topological polar surface area (TPSA) is 104 Å². The Morgan fingerprint density at radius 1 is 1.32 bits per heavy atom. The molecule has 0 fully saturated rings. The Hall–Kier alpha value is -2.35. The van der Waals surface area contributed by atoms with Crippen LogP contribution in [-0.4, -0.2) is 22.1 Å². The van der Waals surface area contributed by atoms with E-state index in [-0.39, 0.29) is 18.3 Å². The Kier molecular flexibility index (Phi) is 4.14. The number of furan rings is 1. The number of carboxylic acid groups (broad SMARTS) is 1. The van der Waals surface area contributed by atoms with Crippen LogP contribution in [0.3, 0.4) is 0 Å². The number of carbonyl (C=O) groups is 2. The van der Waals surface area contributed by atoms with E-state index in [1.54, 1.807) is 11.7 Å². The molecule has 2 aromatic heterocycles. The lowest BCUT2D eigenvalue weighted by atomic mass is 10.4. The van der Waals surface area contributed by atoms with E-state index in [0.717, 1.165) is 4.88 Å². The summed E-state index contributed by atoms with van der Waals surface area (Å²) < 4.78 is 5.00. The summed E-state index contributed by atoms with van der Waals surface area (Å²) in [4.78, 5) is 26.9. The Morgan fingerprint density at radius 3 is 2.74 bits per heavy atom. The zero-order valence-corrected chi connectivity index (χ0v) is 10.6. The van der Waals surface area contributed by atoms with Crippen molar-refractivity contribution in [1.82, 2.24) is 15.6 Å². The minimum absolute atomic E-state index is 0.127. The molecule has 0 aromatic carbocycles. The first-order chi connectivity index (χ1) is 9.15. The van der Waals surface area contributed by atoms with Crippen molar-refractivity contribution in [3.05, 3.63) is 40.2 Å². The van der Waals surface area contributed by atoms with E-state index in [1.807, 2.05) is 0 Å². The number of aromatic carboxylic acids is 1. The van der Waals surface area contributed by atoms with Gasteiger partial charge in [-0.05, 0) is 12.1 Å². The van der Waals surface area contributed by atoms with Crippen molar-refractivity contribution in [2.45, 2.75) is 13.1 Å². The van der Waals surface area contributed by atoms with Crippen LogP contribution < -0.4 is 10.6 Å². The first-order valence-corrected chi connectivity index (χ1v) is 6.24. The highest BCUT2D eigenvalue weighted by atomic mass is 32.1. The van der Waals surface area contributed by atoms with Gasteiger partial charge >= 0.3 is 12.0 Å². The maximum absolute atomic E-state index is 11.5. The van der Waals surface area contributed by atoms with Crippen LogP contribution in [0.4, 0.5) is 4.79 Å². The minimum atomic E-state index is -1.14. The normalized spacial score (nSPS) is 10.1. The number of amides is 2. The third-order valence-corrected chi connectivity index (χ3v) is 2.98. The summed E-state index contributed by atoms with van der Waals surface area (Å²) in [5, 5.41) is 13.9. The van der Waals surface area contributed by atoms with Crippen LogP contribution in [0.2, 0.25) is 0 Å². The summed E-state index contributed by atoms with van der Waals surface area (Å²) in [5.74, 6) is -0.909. The molecule has 2 amide bonds. The van der Waals surface area contributed by atoms with E-state index in [2.05, 4.69) is 15.6 Å². The fraction of sp³-hybridized carbons (Fsp3) is 0.182. The molecule has 0 aliphatic rings. The maximum Gasteiger partial charge on any atom is 0.371 e. The van der Waals surface area contributed by atoms with Crippen LogP contribution in [0.1, 0.15) is 21.2 Å². The molecule has 8 heteroatoms. The van der Waals surface area contributed by atoms with E-state index in [4.69, 9.17) is 9.52 Å². The number of carboxylic acids is 1. The highest BCUT2D eigenvalue weighted by Gasteiger charge is 2.09. The van der Waals surface area contributed by atoms with Crippen LogP contribution in [0.5, 0.6) is 0 Å². The Bertz CT molecular complexity index is 564. The number of thiazole rings is 1. The minimum Gasteiger partial charge on any atom is -0.475 e. The molecule has 2 aromatic rings. The second-order valence-electron chi connectivity index (χ2n) is 3.58. The second kappa shape index (κ2) is 6.01. The number of nitrogens with one attached hydrogen (secondary N) is 2. The number of carbonyl (C=O) groups excluding carboxylic acids is 1. The third-order valence-electron chi connectivity index (χ3n) is 2.20. The lowest BCUT2D eigenvalue weighted by molar-refractivity contribution is 0.0660. The van der Waals surface area contributed by atoms with E-state index in [0.29, 0.717) is 12.3 Å². The van der Waals surface area contributed by atoms with Gasteiger partial charge in [0, 0.05) is 11.1 Å². The quantitative estimate of drug-likeness (QED) is 0.769. The molecule has 2 heterocycles. The largest absolute Gasteiger partial charge is 0.475 e. The summed E-state index contributed by atoms with van der Waals surface area (Å²) >= 11 is 1.45. The molecule has 19 heavy (non-hydrogen) atoms. The molecule has 0 aliphatic heterocycles. The van der Waals surface area contributed by atoms with Crippen molar-refractivity contribution in [3.8, 4) is 0 Å². The number of nitrogens with zero attached hydrogens (tertiary/aromatic N) is 1. The molecule has 0 bridgehead atoms. The average Bonchev–Trinajstić information content (AvgIpc) is 3.05. The van der Waals surface area contributed by atoms with Crippen molar-refractivity contribution >= 4 is 23.3 Å². The predicted octanol–water partition coefficient (Wildman–Crippen LogP) is 1.43. The standard InChI is InChI=1S/C11H11N3O4S/c15-10(16)9-2-1-7(18-9)3-13-11(17)14-5-8-4-12-6-19-8/h1-2,4,6H,3,5H2,(H,15,16)(H2,13,14,17). The van der Waals surface area contributed by atoms with Crippen LogP contribution in [0.15, 0.2) is 28.3 Å². The lowest BCUT2D eigenvalue weighted by Crippen LogP contribution is -2.34. The predicted molar refractivity (Wildman–Crippen MR) is 66.9 cm³/mol. The molecule has 0 radical (unpaired) electrons. The third kappa shape index (κ3) is 3.81. The summed E-state index contributed by atoms with van der Waals surface area (Å²) in [6, 6.07) is 2.49. The van der Waals surface area contributed by atoms with Crippen molar-refractivity contribution in [3.63, 3.8) is 0 Å². The van der Waals surface area contributed by atoms with Gasteiger partial charge < -0.3 is 20.2 Å². The first kappa shape index (κ1) is 13.1. The van der Waals surface area contributed by atoms with Gasteiger partial charge in [-0.2, -0.15) is 0 Å². The van der Waals surface area contributed by atoms with Crippen LogP contribution >= 0.6 is 11.3 Å². The molecule has 100 valence electrons. The fourth-order valence-corrected chi connectivity index (χ4v) is 1.85. The molecule has 0 saturated heterocycles. The lowest BCUT2D eigenvalue weighted by Gasteiger charge is -2.04. The Labute approximate surface area is 112 Å². The van der Waals surface area contributed by atoms with Crippen molar-refractivity contribution in [2.75, 3.05) is 0 Å². The van der Waals surface area contributed by atoms with Crippen molar-refractivity contribution in [2.24, 2.45) is 0 Å². The molecule has 0 aliphatic carbocycles. The smallest absolute Gasteiger partial charge is 0.371 e. The molecular weight excluding hydrogens is 270 g/mol. The van der Waals surface area contributed by atoms with Gasteiger partial charge in [0.15, 0.2) is 0 Å². The van der Waals surface area contributed by atoms with Gasteiger partial charge in [0.1, 0.15) is 5.76 Å². The van der Waals surface area contributed by atoms with Gasteiger partial charge in [-0.15, -0.1) is 11.3 Å². The maximum atomic E-state index is 11.5. The molecule has 0 unspecified atom stereocenters. The molecule has 3 N–H and O–H groups in total. The summed E-state index contributed by atoms with van der Waals surface area (Å²) in [6.07, 6.45) is 1.68. The highest BCUT2D eigenvalue weighted by Crippen LogP contribution is 2.07. The SMILES string of the molecule is O=C(NCc1ccc(C(=O)O)o1)NCc1cncs1. The number of rotatable bonds is 5. The van der Waals surface area contributed by atoms with Gasteiger partial charge in [-0.1, -0.05) is 0 Å². The zero-order chi connectivity index (χ0) is 13.7. The number of urea groups is 1.